The number of halogens is 1. The van der Waals surface area contributed by atoms with Gasteiger partial charge >= 0.3 is 5.97 Å². The summed E-state index contributed by atoms with van der Waals surface area (Å²) in [5.41, 5.74) is 1.47. The van der Waals surface area contributed by atoms with E-state index in [-0.39, 0.29) is 5.69 Å². The fourth-order valence-corrected chi connectivity index (χ4v) is 2.60. The maximum atomic E-state index is 12.3. The van der Waals surface area contributed by atoms with Crippen LogP contribution in [-0.2, 0) is 9.53 Å². The molecule has 144 valence electrons. The summed E-state index contributed by atoms with van der Waals surface area (Å²) < 4.78 is 10.2. The normalized spacial score (nSPS) is 10.4. The first kappa shape index (κ1) is 19.4. The fourth-order valence-electron chi connectivity index (χ4n) is 2.42. The third-order valence-electron chi connectivity index (χ3n) is 3.73. The van der Waals surface area contributed by atoms with E-state index in [1.807, 2.05) is 0 Å². The lowest BCUT2D eigenvalue weighted by atomic mass is 10.3. The Kier molecular flexibility index (Phi) is 5.90. The molecule has 0 atom stereocenters. The van der Waals surface area contributed by atoms with E-state index in [9.17, 15) is 9.59 Å². The molecule has 9 heteroatoms. The van der Waals surface area contributed by atoms with Gasteiger partial charge in [0.25, 0.3) is 5.91 Å². The van der Waals surface area contributed by atoms with Crippen LogP contribution in [0.25, 0.3) is 5.69 Å². The first-order valence-electron chi connectivity index (χ1n) is 8.28. The standard InChI is InChI=1S/C19H17ClN4O4/c1-12-18(23-24(22-12)14-7-5-6-13(20)10-14)19(26)28-11-17(25)21-15-8-3-4-9-16(15)27-2/h3-10H,11H2,1-2H3,(H,21,25). The Labute approximate surface area is 166 Å². The minimum atomic E-state index is -0.749. The molecule has 3 rings (SSSR count). The van der Waals surface area contributed by atoms with Gasteiger partial charge in [0.1, 0.15) is 5.75 Å². The third-order valence-corrected chi connectivity index (χ3v) is 3.97. The van der Waals surface area contributed by atoms with Crippen molar-refractivity contribution in [1.29, 1.82) is 0 Å². The largest absolute Gasteiger partial charge is 0.495 e. The molecule has 0 saturated carbocycles. The number of carbonyl (C=O) groups is 2. The zero-order chi connectivity index (χ0) is 20.1. The summed E-state index contributed by atoms with van der Waals surface area (Å²) in [7, 11) is 1.50. The van der Waals surface area contributed by atoms with E-state index in [0.29, 0.717) is 27.8 Å². The highest BCUT2D eigenvalue weighted by atomic mass is 35.5. The molecule has 0 aliphatic carbocycles. The highest BCUT2D eigenvalue weighted by Gasteiger charge is 2.19. The van der Waals surface area contributed by atoms with E-state index >= 15 is 0 Å². The van der Waals surface area contributed by atoms with Crippen molar-refractivity contribution >= 4 is 29.2 Å². The first-order valence-corrected chi connectivity index (χ1v) is 8.65. The van der Waals surface area contributed by atoms with Gasteiger partial charge in [-0.15, -0.1) is 5.10 Å². The van der Waals surface area contributed by atoms with Crippen molar-refractivity contribution in [3.8, 4) is 11.4 Å². The van der Waals surface area contributed by atoms with Crippen LogP contribution in [0, 0.1) is 6.92 Å². The number of nitrogens with zero attached hydrogens (tertiary/aromatic N) is 3. The smallest absolute Gasteiger partial charge is 0.361 e. The van der Waals surface area contributed by atoms with Crippen molar-refractivity contribution in [2.45, 2.75) is 6.92 Å². The summed E-state index contributed by atoms with van der Waals surface area (Å²) in [5, 5.41) is 11.5. The molecule has 8 nitrogen and oxygen atoms in total. The summed E-state index contributed by atoms with van der Waals surface area (Å²) in [5.74, 6) is -0.749. The molecule has 3 aromatic rings. The average Bonchev–Trinajstić information content (AvgIpc) is 3.08. The Balaban J connectivity index is 1.64. The molecule has 0 aliphatic rings. The molecule has 1 amide bonds. The van der Waals surface area contributed by atoms with Gasteiger partial charge in [0.05, 0.1) is 24.2 Å². The van der Waals surface area contributed by atoms with Crippen LogP contribution in [-0.4, -0.2) is 40.6 Å². The van der Waals surface area contributed by atoms with Crippen LogP contribution in [0.5, 0.6) is 5.75 Å². The van der Waals surface area contributed by atoms with Crippen molar-refractivity contribution in [2.75, 3.05) is 19.0 Å². The van der Waals surface area contributed by atoms with E-state index < -0.39 is 18.5 Å². The second-order valence-electron chi connectivity index (χ2n) is 5.73. The van der Waals surface area contributed by atoms with Crippen molar-refractivity contribution in [1.82, 2.24) is 15.0 Å². The first-order chi connectivity index (χ1) is 13.5. The highest BCUT2D eigenvalue weighted by Crippen LogP contribution is 2.22. The number of anilines is 1. The number of amides is 1. The second kappa shape index (κ2) is 8.53. The molecule has 0 unspecified atom stereocenters. The molecule has 0 radical (unpaired) electrons. The van der Waals surface area contributed by atoms with E-state index in [1.165, 1.54) is 11.9 Å². The van der Waals surface area contributed by atoms with Gasteiger partial charge in [0, 0.05) is 5.02 Å². The summed E-state index contributed by atoms with van der Waals surface area (Å²) in [6.45, 7) is 1.15. The number of methoxy groups -OCH3 is 1. The van der Waals surface area contributed by atoms with Crippen LogP contribution in [0.1, 0.15) is 16.2 Å². The molecule has 1 heterocycles. The fraction of sp³-hybridized carbons (Fsp3) is 0.158. The van der Waals surface area contributed by atoms with E-state index in [2.05, 4.69) is 15.5 Å². The van der Waals surface area contributed by atoms with Gasteiger partial charge in [-0.3, -0.25) is 4.79 Å². The van der Waals surface area contributed by atoms with Crippen LogP contribution >= 0.6 is 11.6 Å². The molecule has 0 saturated heterocycles. The Morgan fingerprint density at radius 1 is 1.14 bits per heavy atom. The highest BCUT2D eigenvalue weighted by molar-refractivity contribution is 6.30. The minimum Gasteiger partial charge on any atom is -0.495 e. The number of hydrogen-bond donors (Lipinski definition) is 1. The Morgan fingerprint density at radius 3 is 2.68 bits per heavy atom. The zero-order valence-corrected chi connectivity index (χ0v) is 15.9. The number of para-hydroxylation sites is 2. The van der Waals surface area contributed by atoms with Crippen molar-refractivity contribution in [3.63, 3.8) is 0 Å². The van der Waals surface area contributed by atoms with Gasteiger partial charge in [-0.2, -0.15) is 9.90 Å². The monoisotopic (exact) mass is 400 g/mol. The summed E-state index contributed by atoms with van der Waals surface area (Å²) in [6, 6.07) is 13.8. The lowest BCUT2D eigenvalue weighted by Gasteiger charge is -2.09. The Hall–Kier alpha value is -3.39. The van der Waals surface area contributed by atoms with Gasteiger partial charge in [0.15, 0.2) is 12.3 Å². The van der Waals surface area contributed by atoms with Crippen LogP contribution in [0.4, 0.5) is 5.69 Å². The predicted octanol–water partition coefficient (Wildman–Crippen LogP) is 3.03. The number of ether oxygens (including phenoxy) is 2. The number of esters is 1. The predicted molar refractivity (Wildman–Crippen MR) is 103 cm³/mol. The van der Waals surface area contributed by atoms with Gasteiger partial charge in [-0.05, 0) is 37.3 Å². The molecule has 0 fully saturated rings. The third kappa shape index (κ3) is 4.47. The van der Waals surface area contributed by atoms with E-state index in [4.69, 9.17) is 21.1 Å². The number of aromatic nitrogens is 3. The molecule has 28 heavy (non-hydrogen) atoms. The van der Waals surface area contributed by atoms with Gasteiger partial charge in [0.2, 0.25) is 0 Å². The number of nitrogens with one attached hydrogen (secondary N) is 1. The van der Waals surface area contributed by atoms with Crippen LogP contribution in [0.15, 0.2) is 48.5 Å². The average molecular weight is 401 g/mol. The zero-order valence-electron chi connectivity index (χ0n) is 15.2. The van der Waals surface area contributed by atoms with E-state index in [1.54, 1.807) is 55.5 Å². The summed E-state index contributed by atoms with van der Waals surface area (Å²) >= 11 is 5.96. The van der Waals surface area contributed by atoms with E-state index in [0.717, 1.165) is 0 Å². The quantitative estimate of drug-likeness (QED) is 0.639. The Bertz CT molecular complexity index is 1020. The van der Waals surface area contributed by atoms with Gasteiger partial charge in [-0.25, -0.2) is 4.79 Å². The molecule has 0 spiro atoms. The molecule has 0 bridgehead atoms. The van der Waals surface area contributed by atoms with Gasteiger partial charge in [-0.1, -0.05) is 29.8 Å². The maximum absolute atomic E-state index is 12.3. The number of rotatable bonds is 6. The molecular weight excluding hydrogens is 384 g/mol. The van der Waals surface area contributed by atoms with Crippen molar-refractivity contribution in [3.05, 3.63) is 64.9 Å². The minimum absolute atomic E-state index is 0.0186. The van der Waals surface area contributed by atoms with Crippen LogP contribution in [0.2, 0.25) is 5.02 Å². The topological polar surface area (TPSA) is 95.3 Å². The molecule has 1 N–H and O–H groups in total. The van der Waals surface area contributed by atoms with Gasteiger partial charge < -0.3 is 14.8 Å². The lowest BCUT2D eigenvalue weighted by molar-refractivity contribution is -0.119. The molecular formula is C19H17ClN4O4. The Morgan fingerprint density at radius 2 is 1.93 bits per heavy atom. The van der Waals surface area contributed by atoms with Crippen molar-refractivity contribution < 1.29 is 19.1 Å². The SMILES string of the molecule is COc1ccccc1NC(=O)COC(=O)c1nn(-c2cccc(Cl)c2)nc1C. The summed E-state index contributed by atoms with van der Waals surface area (Å²) in [4.78, 5) is 25.6. The number of aryl methyl sites for hydroxylation is 1. The molecule has 1 aromatic heterocycles. The van der Waals surface area contributed by atoms with Crippen molar-refractivity contribution in [2.24, 2.45) is 0 Å². The second-order valence-corrected chi connectivity index (χ2v) is 6.16. The summed E-state index contributed by atoms with van der Waals surface area (Å²) in [6.07, 6.45) is 0. The lowest BCUT2D eigenvalue weighted by Crippen LogP contribution is -2.21. The number of carbonyl (C=O) groups excluding carboxylic acids is 2. The maximum Gasteiger partial charge on any atom is 0.361 e. The molecule has 0 aliphatic heterocycles. The van der Waals surface area contributed by atoms with Crippen LogP contribution < -0.4 is 10.1 Å². The number of hydrogen-bond acceptors (Lipinski definition) is 6. The molecule has 2 aromatic carbocycles. The number of benzene rings is 2. The van der Waals surface area contributed by atoms with Crippen LogP contribution in [0.3, 0.4) is 0 Å².